The van der Waals surface area contributed by atoms with Crippen molar-refractivity contribution >= 4 is 12.2 Å². The third-order valence-electron chi connectivity index (χ3n) is 5.75. The zero-order valence-corrected chi connectivity index (χ0v) is 18.5. The summed E-state index contributed by atoms with van der Waals surface area (Å²) in [5, 5.41) is 4.45. The van der Waals surface area contributed by atoms with E-state index in [9.17, 15) is 13.2 Å². The lowest BCUT2D eigenvalue weighted by Crippen LogP contribution is -2.12. The lowest BCUT2D eigenvalue weighted by molar-refractivity contribution is -0.138. The summed E-state index contributed by atoms with van der Waals surface area (Å²) in [6.45, 7) is 2.41. The van der Waals surface area contributed by atoms with E-state index < -0.39 is 17.7 Å². The highest BCUT2D eigenvalue weighted by atomic mass is 19.4. The summed E-state index contributed by atoms with van der Waals surface area (Å²) in [7, 11) is 1.55. The van der Waals surface area contributed by atoms with Gasteiger partial charge < -0.3 is 9.30 Å². The molecule has 1 aliphatic rings. The Hall–Kier alpha value is -3.95. The maximum atomic E-state index is 13.5. The number of aryl methyl sites for hydroxylation is 2. The van der Waals surface area contributed by atoms with Crippen molar-refractivity contribution < 1.29 is 17.9 Å². The molecule has 0 spiro atoms. The number of methoxy groups -OCH3 is 1. The third-order valence-corrected chi connectivity index (χ3v) is 5.75. The van der Waals surface area contributed by atoms with Gasteiger partial charge in [0.15, 0.2) is 5.82 Å². The molecule has 0 bridgehead atoms. The van der Waals surface area contributed by atoms with Crippen molar-refractivity contribution in [2.45, 2.75) is 32.0 Å². The van der Waals surface area contributed by atoms with Crippen molar-refractivity contribution in [2.75, 3.05) is 7.11 Å². The van der Waals surface area contributed by atoms with Crippen LogP contribution in [-0.2, 0) is 12.7 Å². The number of fused-ring (bicyclic) bond motifs is 1. The molecule has 0 radical (unpaired) electrons. The van der Waals surface area contributed by atoms with E-state index in [0.717, 1.165) is 17.4 Å². The molecule has 1 atom stereocenters. The Morgan fingerprint density at radius 3 is 2.65 bits per heavy atom. The van der Waals surface area contributed by atoms with Gasteiger partial charge in [0.25, 0.3) is 0 Å². The first-order chi connectivity index (χ1) is 16.3. The minimum absolute atomic E-state index is 0.230. The van der Waals surface area contributed by atoms with E-state index in [1.165, 1.54) is 12.1 Å². The number of benzene rings is 1. The number of rotatable bonds is 5. The van der Waals surface area contributed by atoms with E-state index in [1.807, 2.05) is 29.8 Å². The number of nitrogens with zero attached hydrogens (tertiary/aromatic N) is 6. The van der Waals surface area contributed by atoms with Crippen LogP contribution in [0.15, 0.2) is 48.9 Å². The summed E-state index contributed by atoms with van der Waals surface area (Å²) < 4.78 is 49.5. The predicted octanol–water partition coefficient (Wildman–Crippen LogP) is 4.90. The molecule has 3 aromatic heterocycles. The third kappa shape index (κ3) is 4.07. The zero-order valence-electron chi connectivity index (χ0n) is 18.5. The molecule has 0 fully saturated rings. The first-order valence-electron chi connectivity index (χ1n) is 10.7. The number of imidazole rings is 1. The molecule has 0 saturated carbocycles. The van der Waals surface area contributed by atoms with E-state index in [4.69, 9.17) is 4.74 Å². The standard InChI is InChI=1S/C24H21F3N6O/c1-15-13-32(14-28-15)20-9-7-16(29-23(20)34-2)8-10-21-30-22-18(11-12-33(22)31-21)17-5-3-4-6-19(17)24(25,26)27/h3-10,13-14,18H,11-12H2,1-2H3/b10-8+. The van der Waals surface area contributed by atoms with E-state index in [1.54, 1.807) is 36.3 Å². The number of alkyl halides is 3. The van der Waals surface area contributed by atoms with Crippen molar-refractivity contribution in [1.29, 1.82) is 0 Å². The lowest BCUT2D eigenvalue weighted by Gasteiger charge is -2.16. The van der Waals surface area contributed by atoms with E-state index >= 15 is 0 Å². The fourth-order valence-electron chi connectivity index (χ4n) is 4.20. The van der Waals surface area contributed by atoms with Gasteiger partial charge in [-0.15, -0.1) is 0 Å². The molecule has 1 aliphatic heterocycles. The van der Waals surface area contributed by atoms with Crippen molar-refractivity contribution in [3.63, 3.8) is 0 Å². The molecule has 5 rings (SSSR count). The molecule has 4 heterocycles. The van der Waals surface area contributed by atoms with Crippen LogP contribution in [0.4, 0.5) is 13.2 Å². The Morgan fingerprint density at radius 2 is 1.91 bits per heavy atom. The van der Waals surface area contributed by atoms with Crippen LogP contribution in [-0.4, -0.2) is 36.4 Å². The van der Waals surface area contributed by atoms with Gasteiger partial charge in [-0.2, -0.15) is 18.3 Å². The van der Waals surface area contributed by atoms with Crippen LogP contribution in [0.3, 0.4) is 0 Å². The minimum Gasteiger partial charge on any atom is -0.479 e. The number of pyridine rings is 1. The number of aromatic nitrogens is 6. The highest BCUT2D eigenvalue weighted by molar-refractivity contribution is 5.65. The summed E-state index contributed by atoms with van der Waals surface area (Å²) in [4.78, 5) is 13.3. The molecular formula is C24H21F3N6O. The summed E-state index contributed by atoms with van der Waals surface area (Å²) in [6, 6.07) is 9.36. The Kier molecular flexibility index (Phi) is 5.43. The van der Waals surface area contributed by atoms with Gasteiger partial charge in [0.1, 0.15) is 11.5 Å². The van der Waals surface area contributed by atoms with Gasteiger partial charge in [0.05, 0.1) is 30.4 Å². The lowest BCUT2D eigenvalue weighted by atomic mass is 9.92. The molecule has 1 unspecified atom stereocenters. The molecule has 0 aliphatic carbocycles. The molecule has 7 nitrogen and oxygen atoms in total. The van der Waals surface area contributed by atoms with Crippen molar-refractivity contribution in [2.24, 2.45) is 0 Å². The van der Waals surface area contributed by atoms with E-state index in [0.29, 0.717) is 36.2 Å². The molecule has 1 aromatic carbocycles. The summed E-state index contributed by atoms with van der Waals surface area (Å²) >= 11 is 0. The number of halogens is 3. The average molecular weight is 466 g/mol. The Bertz CT molecular complexity index is 1370. The molecule has 34 heavy (non-hydrogen) atoms. The van der Waals surface area contributed by atoms with Gasteiger partial charge in [-0.1, -0.05) is 18.2 Å². The maximum Gasteiger partial charge on any atom is 0.416 e. The molecule has 0 saturated heterocycles. The quantitative estimate of drug-likeness (QED) is 0.418. The summed E-state index contributed by atoms with van der Waals surface area (Å²) in [5.41, 5.74) is 1.87. The number of hydrogen-bond donors (Lipinski definition) is 0. The van der Waals surface area contributed by atoms with Gasteiger partial charge in [-0.3, -0.25) is 0 Å². The SMILES string of the molecule is COc1nc(/C=C/c2nc3n(n2)CCC3c2ccccc2C(F)(F)F)ccc1-n1cnc(C)c1. The minimum atomic E-state index is -4.42. The van der Waals surface area contributed by atoms with Crippen LogP contribution in [0.5, 0.6) is 5.88 Å². The smallest absolute Gasteiger partial charge is 0.416 e. The predicted molar refractivity (Wildman–Crippen MR) is 120 cm³/mol. The van der Waals surface area contributed by atoms with Crippen molar-refractivity contribution in [3.8, 4) is 11.6 Å². The Balaban J connectivity index is 1.41. The molecular weight excluding hydrogens is 445 g/mol. The summed E-state index contributed by atoms with van der Waals surface area (Å²) in [5.74, 6) is 0.930. The highest BCUT2D eigenvalue weighted by Crippen LogP contribution is 2.40. The van der Waals surface area contributed by atoms with Crippen LogP contribution in [0.25, 0.3) is 17.8 Å². The van der Waals surface area contributed by atoms with Crippen LogP contribution in [0.1, 0.15) is 46.5 Å². The Morgan fingerprint density at radius 1 is 1.09 bits per heavy atom. The first kappa shape index (κ1) is 21.9. The molecule has 0 amide bonds. The second-order valence-electron chi connectivity index (χ2n) is 8.00. The van der Waals surface area contributed by atoms with Gasteiger partial charge >= 0.3 is 6.18 Å². The molecule has 10 heteroatoms. The zero-order chi connectivity index (χ0) is 23.9. The van der Waals surface area contributed by atoms with Gasteiger partial charge in [-0.25, -0.2) is 19.6 Å². The fraction of sp³-hybridized carbons (Fsp3) is 0.250. The van der Waals surface area contributed by atoms with Crippen LogP contribution in [0, 0.1) is 6.92 Å². The molecule has 4 aromatic rings. The van der Waals surface area contributed by atoms with Gasteiger partial charge in [-0.05, 0) is 49.3 Å². The molecule has 0 N–H and O–H groups in total. The van der Waals surface area contributed by atoms with E-state index in [2.05, 4.69) is 20.1 Å². The van der Waals surface area contributed by atoms with Gasteiger partial charge in [0, 0.05) is 18.7 Å². The second kappa shape index (κ2) is 8.44. The maximum absolute atomic E-state index is 13.5. The van der Waals surface area contributed by atoms with Crippen LogP contribution >= 0.6 is 0 Å². The van der Waals surface area contributed by atoms with Crippen LogP contribution in [0.2, 0.25) is 0 Å². The largest absolute Gasteiger partial charge is 0.479 e. The average Bonchev–Trinajstić information content (AvgIpc) is 3.52. The van der Waals surface area contributed by atoms with Crippen molar-refractivity contribution in [1.82, 2.24) is 29.3 Å². The first-order valence-corrected chi connectivity index (χ1v) is 10.7. The highest BCUT2D eigenvalue weighted by Gasteiger charge is 2.38. The fourth-order valence-corrected chi connectivity index (χ4v) is 4.20. The second-order valence-corrected chi connectivity index (χ2v) is 8.00. The molecule has 174 valence electrons. The van der Waals surface area contributed by atoms with Crippen LogP contribution < -0.4 is 4.74 Å². The van der Waals surface area contributed by atoms with Crippen molar-refractivity contribution in [3.05, 3.63) is 83.1 Å². The number of hydrogen-bond acceptors (Lipinski definition) is 5. The number of ether oxygens (including phenoxy) is 1. The normalized spacial score (nSPS) is 15.7. The van der Waals surface area contributed by atoms with Gasteiger partial charge in [0.2, 0.25) is 5.88 Å². The topological polar surface area (TPSA) is 70.7 Å². The monoisotopic (exact) mass is 466 g/mol. The Labute approximate surface area is 193 Å². The summed E-state index contributed by atoms with van der Waals surface area (Å²) in [6.07, 6.45) is 3.11. The van der Waals surface area contributed by atoms with E-state index in [-0.39, 0.29) is 5.56 Å².